The summed E-state index contributed by atoms with van der Waals surface area (Å²) in [5, 5.41) is 3.33. The first-order chi connectivity index (χ1) is 12.6. The molecule has 2 aliphatic heterocycles. The van der Waals surface area contributed by atoms with Gasteiger partial charge in [0.25, 0.3) is 0 Å². The molecule has 1 amide bonds. The normalized spacial score (nSPS) is 26.2. The number of rotatable bonds is 4. The van der Waals surface area contributed by atoms with Crippen molar-refractivity contribution in [3.8, 4) is 0 Å². The van der Waals surface area contributed by atoms with Crippen LogP contribution in [0.1, 0.15) is 38.2 Å². The molecule has 1 aromatic carbocycles. The summed E-state index contributed by atoms with van der Waals surface area (Å²) in [7, 11) is 2.22. The number of nitrogens with zero attached hydrogens (tertiary/aromatic N) is 2. The number of benzene rings is 1. The van der Waals surface area contributed by atoms with Crippen LogP contribution >= 0.6 is 0 Å². The maximum absolute atomic E-state index is 12.7. The number of hydrogen-bond acceptors (Lipinski definition) is 3. The van der Waals surface area contributed by atoms with Crippen LogP contribution in [0.4, 0.5) is 0 Å². The summed E-state index contributed by atoms with van der Waals surface area (Å²) in [6, 6.07) is 11.4. The maximum Gasteiger partial charge on any atom is 0.231 e. The van der Waals surface area contributed by atoms with Crippen molar-refractivity contribution in [1.82, 2.24) is 15.1 Å². The Morgan fingerprint density at radius 3 is 2.31 bits per heavy atom. The predicted molar refractivity (Wildman–Crippen MR) is 106 cm³/mol. The zero-order chi connectivity index (χ0) is 18.1. The molecular formula is C22H31N3O. The molecule has 1 aliphatic carbocycles. The Morgan fingerprint density at radius 2 is 1.65 bits per heavy atom. The lowest BCUT2D eigenvalue weighted by Gasteiger charge is -2.41. The fraction of sp³-hybridized carbons (Fsp3) is 0.591. The first kappa shape index (κ1) is 17.7. The van der Waals surface area contributed by atoms with Crippen molar-refractivity contribution >= 4 is 11.5 Å². The second-order valence-electron chi connectivity index (χ2n) is 8.25. The molecule has 1 unspecified atom stereocenters. The summed E-state index contributed by atoms with van der Waals surface area (Å²) in [5.41, 5.74) is 3.66. The number of piperidine rings is 2. The van der Waals surface area contributed by atoms with Gasteiger partial charge in [-0.1, -0.05) is 35.9 Å². The molecule has 1 aromatic rings. The van der Waals surface area contributed by atoms with Gasteiger partial charge in [-0.05, 0) is 63.9 Å². The number of hydrogen-bond donors (Lipinski definition) is 1. The number of amides is 1. The van der Waals surface area contributed by atoms with E-state index in [9.17, 15) is 4.79 Å². The molecule has 2 fully saturated rings. The highest BCUT2D eigenvalue weighted by molar-refractivity contribution is 6.05. The van der Waals surface area contributed by atoms with Gasteiger partial charge >= 0.3 is 0 Å². The van der Waals surface area contributed by atoms with E-state index in [0.717, 1.165) is 32.0 Å². The lowest BCUT2D eigenvalue weighted by Crippen LogP contribution is -2.51. The molecule has 140 valence electrons. The molecular weight excluding hydrogens is 322 g/mol. The van der Waals surface area contributed by atoms with Crippen molar-refractivity contribution < 1.29 is 4.79 Å². The fourth-order valence-corrected chi connectivity index (χ4v) is 4.72. The van der Waals surface area contributed by atoms with E-state index in [-0.39, 0.29) is 11.8 Å². The summed E-state index contributed by atoms with van der Waals surface area (Å²) >= 11 is 0. The molecule has 3 aliphatic rings. The Morgan fingerprint density at radius 1 is 1.00 bits per heavy atom. The Kier molecular flexibility index (Phi) is 5.14. The molecule has 1 atom stereocenters. The molecule has 26 heavy (non-hydrogen) atoms. The van der Waals surface area contributed by atoms with Gasteiger partial charge < -0.3 is 15.1 Å². The van der Waals surface area contributed by atoms with E-state index in [4.69, 9.17) is 0 Å². The van der Waals surface area contributed by atoms with Gasteiger partial charge in [-0.25, -0.2) is 0 Å². The van der Waals surface area contributed by atoms with Gasteiger partial charge in [-0.2, -0.15) is 0 Å². The molecule has 0 aromatic heterocycles. The third-order valence-corrected chi connectivity index (χ3v) is 6.49. The van der Waals surface area contributed by atoms with Crippen molar-refractivity contribution in [3.05, 3.63) is 41.5 Å². The Labute approximate surface area is 157 Å². The van der Waals surface area contributed by atoms with Crippen molar-refractivity contribution in [2.24, 2.45) is 5.92 Å². The minimum atomic E-state index is 0.00399. The van der Waals surface area contributed by atoms with E-state index in [1.165, 1.54) is 42.6 Å². The van der Waals surface area contributed by atoms with Crippen LogP contribution in [0, 0.1) is 5.92 Å². The first-order valence-corrected chi connectivity index (χ1v) is 10.1. The lowest BCUT2D eigenvalue weighted by molar-refractivity contribution is -0.122. The van der Waals surface area contributed by atoms with E-state index in [1.807, 2.05) is 18.2 Å². The summed E-state index contributed by atoms with van der Waals surface area (Å²) < 4.78 is 0. The molecule has 1 N–H and O–H groups in total. The highest BCUT2D eigenvalue weighted by Crippen LogP contribution is 2.46. The number of likely N-dealkylation sites (tertiary alicyclic amines) is 2. The van der Waals surface area contributed by atoms with Crippen molar-refractivity contribution in [3.63, 3.8) is 0 Å². The summed E-state index contributed by atoms with van der Waals surface area (Å²) in [6.45, 7) is 6.78. The minimum Gasteiger partial charge on any atom is -0.352 e. The van der Waals surface area contributed by atoms with Crippen LogP contribution in [0.2, 0.25) is 0 Å². The molecule has 0 spiro atoms. The summed E-state index contributed by atoms with van der Waals surface area (Å²) in [4.78, 5) is 17.8. The van der Waals surface area contributed by atoms with Gasteiger partial charge in [0.15, 0.2) is 0 Å². The van der Waals surface area contributed by atoms with Crippen LogP contribution in [0.5, 0.6) is 0 Å². The molecule has 4 heteroatoms. The van der Waals surface area contributed by atoms with Gasteiger partial charge in [0.1, 0.15) is 0 Å². The van der Waals surface area contributed by atoms with Crippen LogP contribution in [0.3, 0.4) is 0 Å². The van der Waals surface area contributed by atoms with Crippen LogP contribution in [0.15, 0.2) is 35.9 Å². The van der Waals surface area contributed by atoms with Gasteiger partial charge in [0.2, 0.25) is 5.91 Å². The minimum absolute atomic E-state index is 0.00399. The standard InChI is InChI=1S/C22H31N3O/c1-16-20(17-6-4-3-5-7-17)21(16)22(26)23-18-8-14-25(15-9-18)19-10-12-24(2)13-11-19/h3-7,18-19,21H,8-15H2,1-2H3,(H,23,26). The molecule has 0 radical (unpaired) electrons. The molecule has 2 saturated heterocycles. The fourth-order valence-electron chi connectivity index (χ4n) is 4.72. The molecule has 2 heterocycles. The largest absolute Gasteiger partial charge is 0.352 e. The Hall–Kier alpha value is -1.65. The average Bonchev–Trinajstić information content (AvgIpc) is 3.35. The van der Waals surface area contributed by atoms with Crippen molar-refractivity contribution in [2.45, 2.75) is 44.7 Å². The third-order valence-electron chi connectivity index (χ3n) is 6.49. The molecule has 4 nitrogen and oxygen atoms in total. The van der Waals surface area contributed by atoms with Crippen molar-refractivity contribution in [2.75, 3.05) is 33.2 Å². The zero-order valence-electron chi connectivity index (χ0n) is 16.1. The highest BCUT2D eigenvalue weighted by atomic mass is 16.2. The van der Waals surface area contributed by atoms with Gasteiger partial charge in [0, 0.05) is 25.2 Å². The third kappa shape index (κ3) is 3.72. The smallest absolute Gasteiger partial charge is 0.231 e. The van der Waals surface area contributed by atoms with E-state index in [1.54, 1.807) is 0 Å². The topological polar surface area (TPSA) is 35.6 Å². The number of nitrogens with one attached hydrogen (secondary N) is 1. The van der Waals surface area contributed by atoms with Gasteiger partial charge in [-0.15, -0.1) is 0 Å². The molecule has 4 rings (SSSR count). The van der Waals surface area contributed by atoms with Crippen LogP contribution < -0.4 is 5.32 Å². The van der Waals surface area contributed by atoms with E-state index in [0.29, 0.717) is 6.04 Å². The number of carbonyl (C=O) groups excluding carboxylic acids is 1. The summed E-state index contributed by atoms with van der Waals surface area (Å²) in [6.07, 6.45) is 4.76. The van der Waals surface area contributed by atoms with Crippen molar-refractivity contribution in [1.29, 1.82) is 0 Å². The van der Waals surface area contributed by atoms with Crippen LogP contribution in [-0.4, -0.2) is 61.0 Å². The Bertz CT molecular complexity index is 668. The molecule has 0 saturated carbocycles. The van der Waals surface area contributed by atoms with Gasteiger partial charge in [-0.3, -0.25) is 4.79 Å². The van der Waals surface area contributed by atoms with E-state index >= 15 is 0 Å². The Balaban J connectivity index is 1.24. The maximum atomic E-state index is 12.7. The predicted octanol–water partition coefficient (Wildman–Crippen LogP) is 2.76. The van der Waals surface area contributed by atoms with E-state index < -0.39 is 0 Å². The second-order valence-corrected chi connectivity index (χ2v) is 8.25. The summed E-state index contributed by atoms with van der Waals surface area (Å²) in [5.74, 6) is 0.211. The zero-order valence-corrected chi connectivity index (χ0v) is 16.1. The quantitative estimate of drug-likeness (QED) is 0.904. The molecule has 0 bridgehead atoms. The lowest BCUT2D eigenvalue weighted by atomic mass is 9.97. The van der Waals surface area contributed by atoms with E-state index in [2.05, 4.69) is 41.2 Å². The first-order valence-electron chi connectivity index (χ1n) is 10.1. The van der Waals surface area contributed by atoms with Gasteiger partial charge in [0.05, 0.1) is 5.92 Å². The SMILES string of the molecule is CC1=C(c2ccccc2)C1C(=O)NC1CCN(C2CCN(C)CC2)CC1. The second kappa shape index (κ2) is 7.53. The van der Waals surface area contributed by atoms with Crippen LogP contribution in [0.25, 0.3) is 5.57 Å². The highest BCUT2D eigenvalue weighted by Gasteiger charge is 2.40. The monoisotopic (exact) mass is 353 g/mol. The number of carbonyl (C=O) groups is 1. The average molecular weight is 354 g/mol. The van der Waals surface area contributed by atoms with Crippen LogP contribution in [-0.2, 0) is 4.79 Å².